The van der Waals surface area contributed by atoms with Crippen molar-refractivity contribution >= 4 is 12.2 Å². The number of hydrogen-bond donors (Lipinski definition) is 2. The van der Waals surface area contributed by atoms with Crippen molar-refractivity contribution in [1.29, 1.82) is 0 Å². The van der Waals surface area contributed by atoms with Gasteiger partial charge in [0.25, 0.3) is 5.56 Å². The minimum Gasteiger partial charge on any atom is -0.493 e. The SMILES string of the molecule is COc1cccc(/C=N\Nc2nc(C)cc(=O)[nH]2)c1OCc1ccccc1. The number of hydrazone groups is 1. The summed E-state index contributed by atoms with van der Waals surface area (Å²) < 4.78 is 11.4. The van der Waals surface area contributed by atoms with Crippen molar-refractivity contribution in [1.82, 2.24) is 9.97 Å². The van der Waals surface area contributed by atoms with Gasteiger partial charge < -0.3 is 9.47 Å². The third kappa shape index (κ3) is 4.94. The molecule has 0 saturated carbocycles. The Balaban J connectivity index is 1.78. The van der Waals surface area contributed by atoms with Crippen molar-refractivity contribution in [3.05, 3.63) is 81.8 Å². The van der Waals surface area contributed by atoms with E-state index in [0.29, 0.717) is 23.8 Å². The summed E-state index contributed by atoms with van der Waals surface area (Å²) in [6, 6.07) is 16.8. The summed E-state index contributed by atoms with van der Waals surface area (Å²) in [5.74, 6) is 1.46. The van der Waals surface area contributed by atoms with E-state index in [2.05, 4.69) is 20.5 Å². The Bertz CT molecular complexity index is 984. The molecule has 0 aliphatic carbocycles. The van der Waals surface area contributed by atoms with Crippen molar-refractivity contribution in [3.63, 3.8) is 0 Å². The monoisotopic (exact) mass is 364 g/mol. The van der Waals surface area contributed by atoms with Crippen LogP contribution < -0.4 is 20.5 Å². The van der Waals surface area contributed by atoms with Crippen LogP contribution in [0.4, 0.5) is 5.95 Å². The number of anilines is 1. The summed E-state index contributed by atoms with van der Waals surface area (Å²) in [5.41, 5.74) is 4.86. The van der Waals surface area contributed by atoms with E-state index in [0.717, 1.165) is 11.1 Å². The number of benzene rings is 2. The number of methoxy groups -OCH3 is 1. The van der Waals surface area contributed by atoms with Crippen LogP contribution >= 0.6 is 0 Å². The number of ether oxygens (including phenoxy) is 2. The Kier molecular flexibility index (Phi) is 5.84. The van der Waals surface area contributed by atoms with Crippen LogP contribution in [0, 0.1) is 6.92 Å². The molecule has 0 spiro atoms. The molecule has 0 saturated heterocycles. The summed E-state index contributed by atoms with van der Waals surface area (Å²) >= 11 is 0. The highest BCUT2D eigenvalue weighted by atomic mass is 16.5. The number of aromatic amines is 1. The lowest BCUT2D eigenvalue weighted by Gasteiger charge is -2.13. The molecule has 7 nitrogen and oxygen atoms in total. The van der Waals surface area contributed by atoms with E-state index in [4.69, 9.17) is 9.47 Å². The van der Waals surface area contributed by atoms with E-state index in [1.807, 2.05) is 48.5 Å². The van der Waals surface area contributed by atoms with E-state index in [1.165, 1.54) is 6.07 Å². The van der Waals surface area contributed by atoms with Crippen LogP contribution in [0.5, 0.6) is 11.5 Å². The van der Waals surface area contributed by atoms with E-state index in [9.17, 15) is 4.79 Å². The highest BCUT2D eigenvalue weighted by Gasteiger charge is 2.09. The first-order chi connectivity index (χ1) is 13.2. The average Bonchev–Trinajstić information content (AvgIpc) is 2.66. The number of nitrogens with one attached hydrogen (secondary N) is 2. The number of aromatic nitrogens is 2. The number of nitrogens with zero attached hydrogens (tertiary/aromatic N) is 2. The van der Waals surface area contributed by atoms with Gasteiger partial charge in [0.05, 0.1) is 13.3 Å². The largest absolute Gasteiger partial charge is 0.493 e. The third-order valence-corrected chi connectivity index (χ3v) is 3.70. The smallest absolute Gasteiger partial charge is 0.252 e. The predicted molar refractivity (Wildman–Crippen MR) is 105 cm³/mol. The Morgan fingerprint density at radius 3 is 2.74 bits per heavy atom. The van der Waals surface area contributed by atoms with Crippen LogP contribution in [0.15, 0.2) is 64.5 Å². The molecule has 0 unspecified atom stereocenters. The fourth-order valence-electron chi connectivity index (χ4n) is 2.47. The molecule has 0 aliphatic heterocycles. The first-order valence-corrected chi connectivity index (χ1v) is 8.36. The van der Waals surface area contributed by atoms with Crippen molar-refractivity contribution in [3.8, 4) is 11.5 Å². The molecule has 7 heteroatoms. The van der Waals surface area contributed by atoms with Gasteiger partial charge in [0.15, 0.2) is 11.5 Å². The van der Waals surface area contributed by atoms with E-state index in [1.54, 1.807) is 20.2 Å². The Morgan fingerprint density at radius 2 is 2.00 bits per heavy atom. The highest BCUT2D eigenvalue weighted by molar-refractivity contribution is 5.85. The summed E-state index contributed by atoms with van der Waals surface area (Å²) in [5, 5.41) is 4.14. The zero-order valence-electron chi connectivity index (χ0n) is 15.1. The standard InChI is InChI=1S/C20H20N4O3/c1-14-11-18(25)23-20(22-14)24-21-12-16-9-6-10-17(26-2)19(16)27-13-15-7-4-3-5-8-15/h3-12H,13H2,1-2H3,(H2,22,23,24,25)/b21-12-. The molecule has 3 rings (SSSR count). The second-order valence-electron chi connectivity index (χ2n) is 5.76. The van der Waals surface area contributed by atoms with Crippen LogP contribution in [0.1, 0.15) is 16.8 Å². The summed E-state index contributed by atoms with van der Waals surface area (Å²) in [6.07, 6.45) is 1.59. The van der Waals surface area contributed by atoms with E-state index in [-0.39, 0.29) is 11.5 Å². The van der Waals surface area contributed by atoms with Crippen LogP contribution in [0.3, 0.4) is 0 Å². The molecule has 3 aromatic rings. The van der Waals surface area contributed by atoms with Crippen molar-refractivity contribution in [2.24, 2.45) is 5.10 Å². The number of H-pyrrole nitrogens is 1. The van der Waals surface area contributed by atoms with Crippen molar-refractivity contribution in [2.75, 3.05) is 12.5 Å². The van der Waals surface area contributed by atoms with E-state index < -0.39 is 0 Å². The first-order valence-electron chi connectivity index (χ1n) is 8.36. The molecule has 27 heavy (non-hydrogen) atoms. The van der Waals surface area contributed by atoms with Gasteiger partial charge in [-0.1, -0.05) is 36.4 Å². The number of para-hydroxylation sites is 1. The van der Waals surface area contributed by atoms with Gasteiger partial charge in [-0.05, 0) is 24.6 Å². The molecule has 2 N–H and O–H groups in total. The quantitative estimate of drug-likeness (QED) is 0.497. The summed E-state index contributed by atoms with van der Waals surface area (Å²) in [7, 11) is 1.59. The molecule has 2 aromatic carbocycles. The summed E-state index contributed by atoms with van der Waals surface area (Å²) in [6.45, 7) is 2.14. The van der Waals surface area contributed by atoms with Gasteiger partial charge >= 0.3 is 0 Å². The van der Waals surface area contributed by atoms with Gasteiger partial charge in [0, 0.05) is 17.3 Å². The van der Waals surface area contributed by atoms with Crippen LogP contribution in [0.25, 0.3) is 0 Å². The molecule has 0 atom stereocenters. The van der Waals surface area contributed by atoms with Crippen LogP contribution in [-0.4, -0.2) is 23.3 Å². The fraction of sp³-hybridized carbons (Fsp3) is 0.150. The molecule has 0 fully saturated rings. The maximum atomic E-state index is 11.5. The van der Waals surface area contributed by atoms with Crippen molar-refractivity contribution < 1.29 is 9.47 Å². The molecular formula is C20H20N4O3. The van der Waals surface area contributed by atoms with Crippen LogP contribution in [-0.2, 0) is 6.61 Å². The molecule has 0 amide bonds. The fourth-order valence-corrected chi connectivity index (χ4v) is 2.47. The number of aryl methyl sites for hydroxylation is 1. The highest BCUT2D eigenvalue weighted by Crippen LogP contribution is 2.30. The Morgan fingerprint density at radius 1 is 1.19 bits per heavy atom. The van der Waals surface area contributed by atoms with Gasteiger partial charge in [-0.15, -0.1) is 0 Å². The third-order valence-electron chi connectivity index (χ3n) is 3.70. The lowest BCUT2D eigenvalue weighted by atomic mass is 10.2. The van der Waals surface area contributed by atoms with Gasteiger partial charge in [0.1, 0.15) is 6.61 Å². The summed E-state index contributed by atoms with van der Waals surface area (Å²) in [4.78, 5) is 18.2. The number of hydrogen-bond acceptors (Lipinski definition) is 6. The zero-order chi connectivity index (χ0) is 19.1. The van der Waals surface area contributed by atoms with Gasteiger partial charge in [-0.3, -0.25) is 9.78 Å². The van der Waals surface area contributed by atoms with Gasteiger partial charge in [-0.2, -0.15) is 5.10 Å². The lowest BCUT2D eigenvalue weighted by molar-refractivity contribution is 0.284. The van der Waals surface area contributed by atoms with Crippen molar-refractivity contribution in [2.45, 2.75) is 13.5 Å². The molecule has 1 aromatic heterocycles. The average molecular weight is 364 g/mol. The topological polar surface area (TPSA) is 88.6 Å². The Labute approximate surface area is 156 Å². The second kappa shape index (κ2) is 8.66. The first kappa shape index (κ1) is 18.2. The molecule has 138 valence electrons. The maximum Gasteiger partial charge on any atom is 0.252 e. The van der Waals surface area contributed by atoms with E-state index >= 15 is 0 Å². The number of rotatable bonds is 7. The molecule has 0 radical (unpaired) electrons. The molecule has 0 aliphatic rings. The zero-order valence-corrected chi connectivity index (χ0v) is 15.1. The predicted octanol–water partition coefficient (Wildman–Crippen LogP) is 3.11. The van der Waals surface area contributed by atoms with Gasteiger partial charge in [0.2, 0.25) is 5.95 Å². The molecular weight excluding hydrogens is 344 g/mol. The molecule has 0 bridgehead atoms. The maximum absolute atomic E-state index is 11.5. The minimum absolute atomic E-state index is 0.242. The van der Waals surface area contributed by atoms with Crippen LogP contribution in [0.2, 0.25) is 0 Å². The lowest BCUT2D eigenvalue weighted by Crippen LogP contribution is -2.10. The molecule has 1 heterocycles. The van der Waals surface area contributed by atoms with Gasteiger partial charge in [-0.25, -0.2) is 10.4 Å². The normalized spacial score (nSPS) is 10.7. The second-order valence-corrected chi connectivity index (χ2v) is 5.76. The Hall–Kier alpha value is -3.61. The minimum atomic E-state index is -0.242.